The number of aromatic amines is 1. The van der Waals surface area contributed by atoms with E-state index >= 15 is 0 Å². The van der Waals surface area contributed by atoms with Crippen LogP contribution in [0.4, 0.5) is 5.95 Å². The Bertz CT molecular complexity index is 772. The minimum Gasteiger partial charge on any atom is -0.349 e. The van der Waals surface area contributed by atoms with E-state index in [1.165, 1.54) is 0 Å². The zero-order chi connectivity index (χ0) is 19.4. The SMILES string of the molecule is CC(C)(C)C1CCC(NC(=O)c2ccc(C(=O)Nc3nn[nH]n3)cc2)CC1. The fraction of sp³-hybridized carbons (Fsp3) is 0.526. The van der Waals surface area contributed by atoms with Gasteiger partial charge in [-0.25, -0.2) is 0 Å². The summed E-state index contributed by atoms with van der Waals surface area (Å²) in [5, 5.41) is 18.6. The number of aromatic nitrogens is 4. The van der Waals surface area contributed by atoms with E-state index in [0.717, 1.165) is 25.7 Å². The number of hydrogen-bond donors (Lipinski definition) is 3. The molecule has 2 aromatic rings. The normalized spacial score (nSPS) is 20.1. The molecular formula is C19H26N6O2. The van der Waals surface area contributed by atoms with E-state index in [1.54, 1.807) is 24.3 Å². The van der Waals surface area contributed by atoms with Crippen LogP contribution in [0.25, 0.3) is 0 Å². The highest BCUT2D eigenvalue weighted by Crippen LogP contribution is 2.37. The van der Waals surface area contributed by atoms with Gasteiger partial charge in [0, 0.05) is 17.2 Å². The number of nitrogens with zero attached hydrogens (tertiary/aromatic N) is 3. The monoisotopic (exact) mass is 370 g/mol. The number of carbonyl (C=O) groups excluding carboxylic acids is 2. The Morgan fingerprint density at radius 2 is 1.59 bits per heavy atom. The molecule has 2 amide bonds. The van der Waals surface area contributed by atoms with Crippen LogP contribution in [0.15, 0.2) is 24.3 Å². The van der Waals surface area contributed by atoms with Gasteiger partial charge in [-0.3, -0.25) is 14.9 Å². The predicted octanol–water partition coefficient (Wildman–Crippen LogP) is 2.79. The van der Waals surface area contributed by atoms with Crippen LogP contribution in [0.3, 0.4) is 0 Å². The number of nitrogens with one attached hydrogen (secondary N) is 3. The summed E-state index contributed by atoms with van der Waals surface area (Å²) in [5.74, 6) is 0.360. The van der Waals surface area contributed by atoms with E-state index in [4.69, 9.17) is 0 Å². The maximum Gasteiger partial charge on any atom is 0.270 e. The molecule has 0 radical (unpaired) electrons. The summed E-state index contributed by atoms with van der Waals surface area (Å²) < 4.78 is 0. The second kappa shape index (κ2) is 7.85. The largest absolute Gasteiger partial charge is 0.349 e. The fourth-order valence-corrected chi connectivity index (χ4v) is 3.53. The molecule has 0 aliphatic heterocycles. The highest BCUT2D eigenvalue weighted by molar-refractivity contribution is 6.04. The summed E-state index contributed by atoms with van der Waals surface area (Å²) >= 11 is 0. The lowest BCUT2D eigenvalue weighted by Gasteiger charge is -2.37. The van der Waals surface area contributed by atoms with Gasteiger partial charge in [0.05, 0.1) is 0 Å². The van der Waals surface area contributed by atoms with Crippen molar-refractivity contribution in [3.8, 4) is 0 Å². The molecular weight excluding hydrogens is 344 g/mol. The van der Waals surface area contributed by atoms with Gasteiger partial charge in [0.15, 0.2) is 0 Å². The third kappa shape index (κ3) is 4.90. The molecule has 144 valence electrons. The van der Waals surface area contributed by atoms with Crippen molar-refractivity contribution in [2.75, 3.05) is 5.32 Å². The van der Waals surface area contributed by atoms with E-state index < -0.39 is 0 Å². The summed E-state index contributed by atoms with van der Waals surface area (Å²) in [6.07, 6.45) is 4.31. The maximum atomic E-state index is 12.5. The average molecular weight is 370 g/mol. The second-order valence-electron chi connectivity index (χ2n) is 8.15. The Labute approximate surface area is 158 Å². The van der Waals surface area contributed by atoms with Crippen molar-refractivity contribution in [1.82, 2.24) is 25.9 Å². The number of tetrazole rings is 1. The van der Waals surface area contributed by atoms with Gasteiger partial charge >= 0.3 is 0 Å². The van der Waals surface area contributed by atoms with Gasteiger partial charge in [0.2, 0.25) is 0 Å². The van der Waals surface area contributed by atoms with Crippen LogP contribution in [0.5, 0.6) is 0 Å². The van der Waals surface area contributed by atoms with Crippen LogP contribution in [0.2, 0.25) is 0 Å². The first kappa shape index (κ1) is 19.0. The molecule has 0 bridgehead atoms. The highest BCUT2D eigenvalue weighted by atomic mass is 16.2. The first-order chi connectivity index (χ1) is 12.8. The van der Waals surface area contributed by atoms with Crippen molar-refractivity contribution in [3.05, 3.63) is 35.4 Å². The van der Waals surface area contributed by atoms with Gasteiger partial charge in [0.1, 0.15) is 0 Å². The van der Waals surface area contributed by atoms with Crippen molar-refractivity contribution < 1.29 is 9.59 Å². The molecule has 0 atom stereocenters. The Morgan fingerprint density at radius 3 is 2.11 bits per heavy atom. The highest BCUT2D eigenvalue weighted by Gasteiger charge is 2.30. The Kier molecular flexibility index (Phi) is 5.53. The standard InChI is InChI=1S/C19H26N6O2/c1-19(2,3)14-8-10-15(11-9-14)20-16(26)12-4-6-13(7-5-12)17(27)21-18-22-24-25-23-18/h4-7,14-15H,8-11H2,1-3H3,(H,20,26)(H2,21,22,23,24,25,27). The first-order valence-electron chi connectivity index (χ1n) is 9.28. The molecule has 0 unspecified atom stereocenters. The van der Waals surface area contributed by atoms with E-state index in [2.05, 4.69) is 52.0 Å². The average Bonchev–Trinajstić information content (AvgIpc) is 3.14. The molecule has 1 saturated carbocycles. The molecule has 1 aromatic carbocycles. The zero-order valence-electron chi connectivity index (χ0n) is 16.0. The summed E-state index contributed by atoms with van der Waals surface area (Å²) in [6, 6.07) is 6.75. The molecule has 1 aliphatic rings. The third-order valence-electron chi connectivity index (χ3n) is 5.27. The molecule has 3 rings (SSSR count). The van der Waals surface area contributed by atoms with Gasteiger partial charge in [-0.2, -0.15) is 5.21 Å². The van der Waals surface area contributed by atoms with Crippen molar-refractivity contribution in [2.45, 2.75) is 52.5 Å². The Morgan fingerprint density at radius 1 is 1.00 bits per heavy atom. The number of hydrogen-bond acceptors (Lipinski definition) is 5. The smallest absolute Gasteiger partial charge is 0.270 e. The summed E-state index contributed by atoms with van der Waals surface area (Å²) in [5.41, 5.74) is 1.29. The van der Waals surface area contributed by atoms with Gasteiger partial charge in [-0.1, -0.05) is 25.9 Å². The molecule has 1 fully saturated rings. The van der Waals surface area contributed by atoms with E-state index in [1.807, 2.05) is 0 Å². The van der Waals surface area contributed by atoms with Crippen LogP contribution in [0.1, 0.15) is 67.2 Å². The first-order valence-corrected chi connectivity index (χ1v) is 9.28. The fourth-order valence-electron chi connectivity index (χ4n) is 3.53. The molecule has 0 spiro atoms. The number of rotatable bonds is 4. The van der Waals surface area contributed by atoms with Crippen LogP contribution < -0.4 is 10.6 Å². The predicted molar refractivity (Wildman–Crippen MR) is 101 cm³/mol. The molecule has 1 aliphatic carbocycles. The van der Waals surface area contributed by atoms with E-state index in [0.29, 0.717) is 22.5 Å². The van der Waals surface area contributed by atoms with Gasteiger partial charge in [0.25, 0.3) is 17.8 Å². The molecule has 3 N–H and O–H groups in total. The minimum atomic E-state index is -0.358. The lowest BCUT2D eigenvalue weighted by atomic mass is 9.71. The lowest BCUT2D eigenvalue weighted by Crippen LogP contribution is -2.39. The summed E-state index contributed by atoms with van der Waals surface area (Å²) in [6.45, 7) is 6.85. The van der Waals surface area contributed by atoms with Crippen LogP contribution in [-0.4, -0.2) is 38.5 Å². The maximum absolute atomic E-state index is 12.5. The van der Waals surface area contributed by atoms with E-state index in [9.17, 15) is 9.59 Å². The second-order valence-corrected chi connectivity index (χ2v) is 8.15. The zero-order valence-corrected chi connectivity index (χ0v) is 16.0. The number of H-pyrrole nitrogens is 1. The molecule has 0 saturated heterocycles. The summed E-state index contributed by atoms with van der Waals surface area (Å²) in [4.78, 5) is 24.6. The molecule has 1 aromatic heterocycles. The van der Waals surface area contributed by atoms with Gasteiger partial charge in [-0.15, -0.1) is 5.10 Å². The van der Waals surface area contributed by atoms with Crippen molar-refractivity contribution in [2.24, 2.45) is 11.3 Å². The number of amides is 2. The number of benzene rings is 1. The minimum absolute atomic E-state index is 0.0978. The Balaban J connectivity index is 1.53. The lowest BCUT2D eigenvalue weighted by molar-refractivity contribution is 0.0903. The molecule has 8 nitrogen and oxygen atoms in total. The molecule has 8 heteroatoms. The van der Waals surface area contributed by atoms with Crippen LogP contribution in [-0.2, 0) is 0 Å². The van der Waals surface area contributed by atoms with Crippen molar-refractivity contribution in [1.29, 1.82) is 0 Å². The quantitative estimate of drug-likeness (QED) is 0.766. The Hall–Kier alpha value is -2.77. The third-order valence-corrected chi connectivity index (χ3v) is 5.27. The number of carbonyl (C=O) groups is 2. The topological polar surface area (TPSA) is 113 Å². The van der Waals surface area contributed by atoms with Gasteiger partial charge < -0.3 is 5.32 Å². The summed E-state index contributed by atoms with van der Waals surface area (Å²) in [7, 11) is 0. The van der Waals surface area contributed by atoms with Crippen molar-refractivity contribution >= 4 is 17.8 Å². The molecule has 27 heavy (non-hydrogen) atoms. The number of anilines is 1. The molecule has 1 heterocycles. The van der Waals surface area contributed by atoms with Gasteiger partial charge in [-0.05, 0) is 66.5 Å². The van der Waals surface area contributed by atoms with Crippen LogP contribution in [0, 0.1) is 11.3 Å². The van der Waals surface area contributed by atoms with E-state index in [-0.39, 0.29) is 23.8 Å². The van der Waals surface area contributed by atoms with Crippen molar-refractivity contribution in [3.63, 3.8) is 0 Å². The van der Waals surface area contributed by atoms with Crippen LogP contribution >= 0.6 is 0 Å².